The lowest BCUT2D eigenvalue weighted by molar-refractivity contribution is 0.613. The van der Waals surface area contributed by atoms with E-state index in [9.17, 15) is 4.39 Å². The van der Waals surface area contributed by atoms with E-state index >= 15 is 0 Å². The Morgan fingerprint density at radius 3 is 1.62 bits per heavy atom. The molecule has 0 amide bonds. The van der Waals surface area contributed by atoms with E-state index in [4.69, 9.17) is 0 Å². The molecule has 0 fully saturated rings. The molecule has 0 aromatic heterocycles. The van der Waals surface area contributed by atoms with Crippen molar-refractivity contribution in [2.75, 3.05) is 0 Å². The average molecular weight is 451 g/mol. The highest BCUT2D eigenvalue weighted by Crippen LogP contribution is 2.14. The third-order valence-corrected chi connectivity index (χ3v) is 5.95. The number of hydrogen-bond donors (Lipinski definition) is 0. The van der Waals surface area contributed by atoms with Crippen molar-refractivity contribution in [1.82, 2.24) is 0 Å². The first-order valence-corrected chi connectivity index (χ1v) is 12.7. The van der Waals surface area contributed by atoms with E-state index in [0.717, 1.165) is 41.5 Å². The van der Waals surface area contributed by atoms with Gasteiger partial charge in [0.15, 0.2) is 0 Å². The summed E-state index contributed by atoms with van der Waals surface area (Å²) in [7, 11) is 0. The fourth-order valence-corrected chi connectivity index (χ4v) is 3.80. The predicted molar refractivity (Wildman–Crippen MR) is 142 cm³/mol. The lowest BCUT2D eigenvalue weighted by Crippen LogP contribution is -1.91. The maximum Gasteiger partial charge on any atom is 0.139 e. The van der Waals surface area contributed by atoms with Gasteiger partial charge in [0.25, 0.3) is 0 Å². The number of unbranched alkanes of at least 4 members (excludes halogenated alkanes) is 5. The fraction of sp³-hybridized carbons (Fsp3) is 0.333. The molecule has 34 heavy (non-hydrogen) atoms. The Morgan fingerprint density at radius 1 is 0.529 bits per heavy atom. The van der Waals surface area contributed by atoms with E-state index in [-0.39, 0.29) is 5.82 Å². The van der Waals surface area contributed by atoms with Crippen molar-refractivity contribution in [2.45, 2.75) is 71.6 Å². The monoisotopic (exact) mass is 450 g/mol. The maximum atomic E-state index is 14.5. The lowest BCUT2D eigenvalue weighted by Gasteiger charge is -2.03. The second-order valence-electron chi connectivity index (χ2n) is 8.86. The summed E-state index contributed by atoms with van der Waals surface area (Å²) in [5, 5.41) is 0. The largest absolute Gasteiger partial charge is 0.206 e. The molecule has 174 valence electrons. The molecule has 0 saturated carbocycles. The molecule has 3 rings (SSSR count). The molecule has 3 aromatic rings. The van der Waals surface area contributed by atoms with Gasteiger partial charge in [0.2, 0.25) is 0 Å². The summed E-state index contributed by atoms with van der Waals surface area (Å²) in [6.07, 6.45) is 10.6. The van der Waals surface area contributed by atoms with Crippen molar-refractivity contribution in [3.8, 4) is 23.7 Å². The normalized spacial score (nSPS) is 10.2. The molecule has 0 unspecified atom stereocenters. The zero-order chi connectivity index (χ0) is 24.0. The molecule has 0 spiro atoms. The molecule has 0 nitrogen and oxygen atoms in total. The Kier molecular flexibility index (Phi) is 10.5. The van der Waals surface area contributed by atoms with E-state index in [2.05, 4.69) is 61.8 Å². The highest BCUT2D eigenvalue weighted by molar-refractivity contribution is 5.48. The third kappa shape index (κ3) is 8.57. The minimum atomic E-state index is -0.234. The molecule has 0 radical (unpaired) electrons. The smallest absolute Gasteiger partial charge is 0.139 e. The standard InChI is InChI=1S/C33H35F/c1-3-5-7-8-9-11-31-23-25-32(33(34)26-31)24-22-30-20-18-29(19-21-30)17-16-28-14-12-27(13-15-28)10-6-4-2/h12-15,18-21,23,25-26H,3-11H2,1-2H3. The molecule has 0 atom stereocenters. The topological polar surface area (TPSA) is 0 Å². The number of rotatable bonds is 9. The molecular formula is C33H35F. The van der Waals surface area contributed by atoms with E-state index in [1.54, 1.807) is 12.1 Å². The Labute approximate surface area is 205 Å². The predicted octanol–water partition coefficient (Wildman–Crippen LogP) is 8.48. The van der Waals surface area contributed by atoms with Gasteiger partial charge < -0.3 is 0 Å². The van der Waals surface area contributed by atoms with Gasteiger partial charge in [-0.25, -0.2) is 4.39 Å². The van der Waals surface area contributed by atoms with Crippen molar-refractivity contribution in [3.63, 3.8) is 0 Å². The third-order valence-electron chi connectivity index (χ3n) is 5.95. The summed E-state index contributed by atoms with van der Waals surface area (Å²) >= 11 is 0. The molecule has 0 aliphatic heterocycles. The average Bonchev–Trinajstić information content (AvgIpc) is 2.87. The van der Waals surface area contributed by atoms with Crippen LogP contribution in [-0.2, 0) is 12.8 Å². The highest BCUT2D eigenvalue weighted by Gasteiger charge is 2.02. The first-order valence-electron chi connectivity index (χ1n) is 12.7. The van der Waals surface area contributed by atoms with Gasteiger partial charge in [-0.15, -0.1) is 0 Å². The van der Waals surface area contributed by atoms with Gasteiger partial charge in [-0.3, -0.25) is 0 Å². The first-order chi connectivity index (χ1) is 16.7. The molecule has 0 aliphatic rings. The van der Waals surface area contributed by atoms with Crippen molar-refractivity contribution in [2.24, 2.45) is 0 Å². The lowest BCUT2D eigenvalue weighted by atomic mass is 10.0. The fourth-order valence-electron chi connectivity index (χ4n) is 3.80. The Hall–Kier alpha value is -3.29. The maximum absolute atomic E-state index is 14.5. The van der Waals surface area contributed by atoms with Gasteiger partial charge in [-0.1, -0.05) is 87.8 Å². The highest BCUT2D eigenvalue weighted by atomic mass is 19.1. The molecule has 3 aromatic carbocycles. The van der Waals surface area contributed by atoms with Gasteiger partial charge >= 0.3 is 0 Å². The van der Waals surface area contributed by atoms with Gasteiger partial charge in [-0.2, -0.15) is 0 Å². The first kappa shape index (κ1) is 25.3. The van der Waals surface area contributed by atoms with Gasteiger partial charge in [0, 0.05) is 16.7 Å². The van der Waals surface area contributed by atoms with Gasteiger partial charge in [0.05, 0.1) is 5.56 Å². The number of hydrogen-bond acceptors (Lipinski definition) is 0. The van der Waals surface area contributed by atoms with Gasteiger partial charge in [0.1, 0.15) is 5.82 Å². The van der Waals surface area contributed by atoms with Gasteiger partial charge in [-0.05, 0) is 85.3 Å². The van der Waals surface area contributed by atoms with Crippen LogP contribution in [0.5, 0.6) is 0 Å². The summed E-state index contributed by atoms with van der Waals surface area (Å²) in [6.45, 7) is 4.43. The van der Waals surface area contributed by atoms with Crippen LogP contribution in [0.3, 0.4) is 0 Å². The van der Waals surface area contributed by atoms with Crippen molar-refractivity contribution in [1.29, 1.82) is 0 Å². The van der Waals surface area contributed by atoms with Crippen molar-refractivity contribution >= 4 is 0 Å². The molecule has 0 N–H and O–H groups in total. The summed E-state index contributed by atoms with van der Waals surface area (Å²) in [6, 6.07) is 21.7. The molecular weight excluding hydrogens is 415 g/mol. The van der Waals surface area contributed by atoms with Crippen LogP contribution in [0, 0.1) is 29.5 Å². The minimum Gasteiger partial charge on any atom is -0.206 e. The molecule has 0 saturated heterocycles. The van der Waals surface area contributed by atoms with E-state index in [1.807, 2.05) is 30.3 Å². The summed E-state index contributed by atoms with van der Waals surface area (Å²) in [4.78, 5) is 0. The Bertz CT molecular complexity index is 1150. The molecule has 0 heterocycles. The van der Waals surface area contributed by atoms with Crippen LogP contribution in [0.25, 0.3) is 0 Å². The quantitative estimate of drug-likeness (QED) is 0.226. The van der Waals surface area contributed by atoms with Crippen LogP contribution in [-0.4, -0.2) is 0 Å². The second kappa shape index (κ2) is 14.1. The number of halogens is 1. The van der Waals surface area contributed by atoms with Crippen LogP contribution in [0.15, 0.2) is 66.7 Å². The van der Waals surface area contributed by atoms with E-state index in [1.165, 1.54) is 44.1 Å². The molecule has 1 heteroatoms. The Morgan fingerprint density at radius 2 is 1.03 bits per heavy atom. The Balaban J connectivity index is 1.56. The number of benzene rings is 3. The SMILES string of the molecule is CCCCCCCc1ccc(C#Cc2ccc(C#Cc3ccc(CCCC)cc3)cc2)c(F)c1. The summed E-state index contributed by atoms with van der Waals surface area (Å²) in [5.74, 6) is 12.2. The molecule has 0 aliphatic carbocycles. The summed E-state index contributed by atoms with van der Waals surface area (Å²) < 4.78 is 14.5. The second-order valence-corrected chi connectivity index (χ2v) is 8.86. The zero-order valence-corrected chi connectivity index (χ0v) is 20.6. The van der Waals surface area contributed by atoms with Crippen LogP contribution >= 0.6 is 0 Å². The van der Waals surface area contributed by atoms with E-state index < -0.39 is 0 Å². The van der Waals surface area contributed by atoms with Crippen LogP contribution in [0.1, 0.15) is 92.2 Å². The van der Waals surface area contributed by atoms with Crippen molar-refractivity contribution < 1.29 is 4.39 Å². The molecule has 0 bridgehead atoms. The van der Waals surface area contributed by atoms with Crippen LogP contribution in [0.2, 0.25) is 0 Å². The zero-order valence-electron chi connectivity index (χ0n) is 20.6. The number of aryl methyl sites for hydroxylation is 2. The van der Waals surface area contributed by atoms with Crippen LogP contribution < -0.4 is 0 Å². The minimum absolute atomic E-state index is 0.234. The summed E-state index contributed by atoms with van der Waals surface area (Å²) in [5.41, 5.74) is 5.67. The van der Waals surface area contributed by atoms with E-state index in [0.29, 0.717) is 5.56 Å². The van der Waals surface area contributed by atoms with Crippen LogP contribution in [0.4, 0.5) is 4.39 Å². The van der Waals surface area contributed by atoms with Crippen molar-refractivity contribution in [3.05, 3.63) is 106 Å².